The van der Waals surface area contributed by atoms with E-state index in [9.17, 15) is 0 Å². The molecule has 0 aliphatic carbocycles. The molecule has 0 spiro atoms. The van der Waals surface area contributed by atoms with Crippen molar-refractivity contribution in [2.75, 3.05) is 5.73 Å². The van der Waals surface area contributed by atoms with Gasteiger partial charge in [0, 0.05) is 6.20 Å². The number of nitrogen functional groups attached to an aromatic ring is 1. The lowest BCUT2D eigenvalue weighted by Crippen LogP contribution is -2.02. The number of rotatable bonds is 2. The highest BCUT2D eigenvalue weighted by Gasteiger charge is 2.05. The quantitative estimate of drug-likeness (QED) is 0.776. The molecule has 0 atom stereocenters. The Bertz CT molecular complexity index is 462. The lowest BCUT2D eigenvalue weighted by atomic mass is 10.3. The third-order valence-corrected chi connectivity index (χ3v) is 2.03. The summed E-state index contributed by atoms with van der Waals surface area (Å²) in [4.78, 5) is 0. The van der Waals surface area contributed by atoms with E-state index in [1.54, 1.807) is 23.1 Å². The van der Waals surface area contributed by atoms with E-state index in [-0.39, 0.29) is 0 Å². The van der Waals surface area contributed by atoms with E-state index in [4.69, 9.17) is 15.4 Å². The Morgan fingerprint density at radius 3 is 2.93 bits per heavy atom. The van der Waals surface area contributed by atoms with Gasteiger partial charge in [0.25, 0.3) is 0 Å². The van der Waals surface area contributed by atoms with Crippen molar-refractivity contribution in [3.05, 3.63) is 42.0 Å². The maximum absolute atomic E-state index is 8.69. The summed E-state index contributed by atoms with van der Waals surface area (Å²) < 4.78 is 6.95. The second kappa shape index (κ2) is 3.30. The van der Waals surface area contributed by atoms with Crippen molar-refractivity contribution >= 4 is 5.82 Å². The summed E-state index contributed by atoms with van der Waals surface area (Å²) in [6.07, 6.45) is 3.39. The Kier molecular flexibility index (Phi) is 1.99. The van der Waals surface area contributed by atoms with Gasteiger partial charge in [-0.1, -0.05) is 0 Å². The Morgan fingerprint density at radius 1 is 1.50 bits per heavy atom. The van der Waals surface area contributed by atoms with Crippen LogP contribution in [0.5, 0.6) is 0 Å². The van der Waals surface area contributed by atoms with E-state index in [1.807, 2.05) is 18.2 Å². The van der Waals surface area contributed by atoms with Crippen molar-refractivity contribution in [1.29, 1.82) is 5.26 Å². The first-order chi connectivity index (χ1) is 6.81. The van der Waals surface area contributed by atoms with Crippen LogP contribution >= 0.6 is 0 Å². The molecule has 2 heterocycles. The molecule has 0 radical (unpaired) electrons. The molecular formula is C10H9N3O. The largest absolute Gasteiger partial charge is 0.467 e. The molecule has 2 N–H and O–H groups in total. The maximum atomic E-state index is 8.69. The first-order valence-corrected chi connectivity index (χ1v) is 4.18. The normalized spacial score (nSPS) is 9.93. The van der Waals surface area contributed by atoms with Crippen molar-refractivity contribution in [1.82, 2.24) is 4.57 Å². The highest BCUT2D eigenvalue weighted by atomic mass is 16.3. The van der Waals surface area contributed by atoms with Crippen molar-refractivity contribution in [3.63, 3.8) is 0 Å². The van der Waals surface area contributed by atoms with Gasteiger partial charge >= 0.3 is 0 Å². The zero-order valence-electron chi connectivity index (χ0n) is 7.47. The zero-order valence-corrected chi connectivity index (χ0v) is 7.47. The fraction of sp³-hybridized carbons (Fsp3) is 0.100. The molecule has 0 aliphatic rings. The molecule has 2 aromatic rings. The predicted molar refractivity (Wildman–Crippen MR) is 51.4 cm³/mol. The summed E-state index contributed by atoms with van der Waals surface area (Å²) in [6.45, 7) is 0.556. The molecule has 0 fully saturated rings. The second-order valence-electron chi connectivity index (χ2n) is 2.93. The van der Waals surface area contributed by atoms with Crippen LogP contribution in [-0.2, 0) is 6.54 Å². The summed E-state index contributed by atoms with van der Waals surface area (Å²) in [5.41, 5.74) is 6.23. The highest BCUT2D eigenvalue weighted by molar-refractivity contribution is 5.50. The minimum Gasteiger partial charge on any atom is -0.467 e. The molecule has 0 aromatic carbocycles. The van der Waals surface area contributed by atoms with Gasteiger partial charge in [0.05, 0.1) is 18.4 Å². The summed E-state index contributed by atoms with van der Waals surface area (Å²) in [5.74, 6) is 1.29. The van der Waals surface area contributed by atoms with Crippen molar-refractivity contribution < 1.29 is 4.42 Å². The smallest absolute Gasteiger partial charge is 0.123 e. The molecule has 70 valence electrons. The molecule has 14 heavy (non-hydrogen) atoms. The third-order valence-electron chi connectivity index (χ3n) is 2.03. The van der Waals surface area contributed by atoms with E-state index in [1.165, 1.54) is 0 Å². The Morgan fingerprint density at radius 2 is 2.36 bits per heavy atom. The monoisotopic (exact) mass is 187 g/mol. The number of hydrogen-bond donors (Lipinski definition) is 1. The fourth-order valence-corrected chi connectivity index (χ4v) is 1.29. The molecule has 4 heteroatoms. The first-order valence-electron chi connectivity index (χ1n) is 4.18. The number of furan rings is 1. The average molecular weight is 187 g/mol. The highest BCUT2D eigenvalue weighted by Crippen LogP contribution is 2.14. The van der Waals surface area contributed by atoms with Gasteiger partial charge < -0.3 is 14.7 Å². The van der Waals surface area contributed by atoms with Gasteiger partial charge in [-0.25, -0.2) is 0 Å². The van der Waals surface area contributed by atoms with Crippen LogP contribution in [0.25, 0.3) is 0 Å². The van der Waals surface area contributed by atoms with Crippen molar-refractivity contribution in [2.45, 2.75) is 6.54 Å². The standard InChI is InChI=1S/C10H9N3O/c11-6-8-3-4-13(10(8)12)7-9-2-1-5-14-9/h1-5H,7,12H2. The number of nitrogens with zero attached hydrogens (tertiary/aromatic N) is 2. The minimum absolute atomic E-state index is 0.476. The molecule has 0 bridgehead atoms. The topological polar surface area (TPSA) is 67.9 Å². The summed E-state index contributed by atoms with van der Waals surface area (Å²) in [5, 5.41) is 8.69. The van der Waals surface area contributed by atoms with Gasteiger partial charge in [-0.05, 0) is 18.2 Å². The summed E-state index contributed by atoms with van der Waals surface area (Å²) in [7, 11) is 0. The predicted octanol–water partition coefficient (Wildman–Crippen LogP) is 1.58. The number of aromatic nitrogens is 1. The average Bonchev–Trinajstić information content (AvgIpc) is 2.79. The van der Waals surface area contributed by atoms with Gasteiger partial charge in [0.15, 0.2) is 0 Å². The molecule has 2 aromatic heterocycles. The number of anilines is 1. The molecule has 0 saturated carbocycles. The molecule has 0 unspecified atom stereocenters. The lowest BCUT2D eigenvalue weighted by Gasteiger charge is -2.02. The molecule has 0 aliphatic heterocycles. The second-order valence-corrected chi connectivity index (χ2v) is 2.93. The Balaban J connectivity index is 2.27. The van der Waals surface area contributed by atoms with Crippen LogP contribution in [0.1, 0.15) is 11.3 Å². The van der Waals surface area contributed by atoms with Crippen LogP contribution in [-0.4, -0.2) is 4.57 Å². The molecular weight excluding hydrogens is 178 g/mol. The van der Waals surface area contributed by atoms with Crippen LogP contribution < -0.4 is 5.73 Å². The van der Waals surface area contributed by atoms with Gasteiger partial charge in [-0.15, -0.1) is 0 Å². The minimum atomic E-state index is 0.476. The summed E-state index contributed by atoms with van der Waals surface area (Å²) in [6, 6.07) is 7.40. The van der Waals surface area contributed by atoms with Crippen LogP contribution in [0.15, 0.2) is 35.1 Å². The van der Waals surface area contributed by atoms with Crippen LogP contribution in [0.3, 0.4) is 0 Å². The van der Waals surface area contributed by atoms with E-state index in [2.05, 4.69) is 0 Å². The van der Waals surface area contributed by atoms with Crippen molar-refractivity contribution in [3.8, 4) is 6.07 Å². The Hall–Kier alpha value is -2.15. The maximum Gasteiger partial charge on any atom is 0.123 e. The molecule has 0 saturated heterocycles. The van der Waals surface area contributed by atoms with Gasteiger partial charge in [-0.3, -0.25) is 0 Å². The van der Waals surface area contributed by atoms with Crippen LogP contribution in [0, 0.1) is 11.3 Å². The fourth-order valence-electron chi connectivity index (χ4n) is 1.29. The Labute approximate surface area is 81.2 Å². The molecule has 2 rings (SSSR count). The van der Waals surface area contributed by atoms with Gasteiger partial charge in [0.2, 0.25) is 0 Å². The van der Waals surface area contributed by atoms with E-state index in [0.717, 1.165) is 5.76 Å². The molecule has 0 amide bonds. The van der Waals surface area contributed by atoms with Crippen LogP contribution in [0.2, 0.25) is 0 Å². The number of nitrogens with two attached hydrogens (primary N) is 1. The van der Waals surface area contributed by atoms with E-state index >= 15 is 0 Å². The van der Waals surface area contributed by atoms with E-state index < -0.39 is 0 Å². The first kappa shape index (κ1) is 8.45. The number of nitriles is 1. The number of hydrogen-bond acceptors (Lipinski definition) is 3. The van der Waals surface area contributed by atoms with Crippen LogP contribution in [0.4, 0.5) is 5.82 Å². The van der Waals surface area contributed by atoms with Gasteiger partial charge in [-0.2, -0.15) is 5.26 Å². The third kappa shape index (κ3) is 1.36. The van der Waals surface area contributed by atoms with Gasteiger partial charge in [0.1, 0.15) is 17.6 Å². The zero-order chi connectivity index (χ0) is 9.97. The van der Waals surface area contributed by atoms with E-state index in [0.29, 0.717) is 17.9 Å². The lowest BCUT2D eigenvalue weighted by molar-refractivity contribution is 0.495. The SMILES string of the molecule is N#Cc1ccn(Cc2ccco2)c1N. The van der Waals surface area contributed by atoms with Crippen molar-refractivity contribution in [2.24, 2.45) is 0 Å². The summed E-state index contributed by atoms with van der Waals surface area (Å²) >= 11 is 0. The molecule has 4 nitrogen and oxygen atoms in total.